The normalized spacial score (nSPS) is 20.6. The van der Waals surface area contributed by atoms with Crippen molar-refractivity contribution >= 4 is 22.8 Å². The van der Waals surface area contributed by atoms with E-state index in [0.717, 1.165) is 16.9 Å². The SMILES string of the molecule is CC(=O)N1CCCC(O)(C(=O)NCc2nc3ccccc3n2C(C)C)C1. The number of piperidine rings is 1. The Balaban J connectivity index is 1.76. The molecule has 7 nitrogen and oxygen atoms in total. The number of hydrogen-bond donors (Lipinski definition) is 2. The third-order valence-corrected chi connectivity index (χ3v) is 4.93. The summed E-state index contributed by atoms with van der Waals surface area (Å²) in [6, 6.07) is 8.04. The Bertz CT molecular complexity index is 829. The minimum atomic E-state index is -1.54. The van der Waals surface area contributed by atoms with Gasteiger partial charge in [0, 0.05) is 19.5 Å². The van der Waals surface area contributed by atoms with Crippen LogP contribution in [0.2, 0.25) is 0 Å². The average molecular weight is 358 g/mol. The largest absolute Gasteiger partial charge is 0.378 e. The molecule has 1 unspecified atom stereocenters. The molecular formula is C19H26N4O3. The highest BCUT2D eigenvalue weighted by Crippen LogP contribution is 2.23. The van der Waals surface area contributed by atoms with Crippen molar-refractivity contribution in [3.05, 3.63) is 30.1 Å². The third kappa shape index (κ3) is 3.44. The number of imidazole rings is 1. The van der Waals surface area contributed by atoms with Crippen LogP contribution in [0.1, 0.15) is 45.5 Å². The van der Waals surface area contributed by atoms with E-state index in [1.165, 1.54) is 11.8 Å². The highest BCUT2D eigenvalue weighted by Gasteiger charge is 2.41. The number of carbonyl (C=O) groups is 2. The maximum atomic E-state index is 12.6. The fourth-order valence-corrected chi connectivity index (χ4v) is 3.61. The number of aromatic nitrogens is 2. The topological polar surface area (TPSA) is 87.5 Å². The number of amides is 2. The molecule has 0 saturated carbocycles. The lowest BCUT2D eigenvalue weighted by Crippen LogP contribution is -2.57. The first-order chi connectivity index (χ1) is 12.3. The molecule has 2 aromatic rings. The predicted molar refractivity (Wildman–Crippen MR) is 98.4 cm³/mol. The lowest BCUT2D eigenvalue weighted by molar-refractivity contribution is -0.150. The zero-order valence-electron chi connectivity index (χ0n) is 15.5. The van der Waals surface area contributed by atoms with Crippen LogP contribution in [0.3, 0.4) is 0 Å². The summed E-state index contributed by atoms with van der Waals surface area (Å²) >= 11 is 0. The first-order valence-corrected chi connectivity index (χ1v) is 9.04. The molecule has 0 bridgehead atoms. The zero-order valence-corrected chi connectivity index (χ0v) is 15.5. The van der Waals surface area contributed by atoms with Gasteiger partial charge in [-0.2, -0.15) is 0 Å². The molecule has 1 atom stereocenters. The summed E-state index contributed by atoms with van der Waals surface area (Å²) in [5.41, 5.74) is 0.356. The van der Waals surface area contributed by atoms with Crippen LogP contribution in [0.5, 0.6) is 0 Å². The minimum absolute atomic E-state index is 0.0365. The van der Waals surface area contributed by atoms with Crippen LogP contribution in [0.4, 0.5) is 0 Å². The lowest BCUT2D eigenvalue weighted by Gasteiger charge is -2.37. The lowest BCUT2D eigenvalue weighted by atomic mass is 9.92. The molecule has 1 saturated heterocycles. The van der Waals surface area contributed by atoms with Crippen LogP contribution < -0.4 is 5.32 Å². The second-order valence-corrected chi connectivity index (χ2v) is 7.24. The summed E-state index contributed by atoms with van der Waals surface area (Å²) in [4.78, 5) is 30.3. The van der Waals surface area contributed by atoms with E-state index in [9.17, 15) is 14.7 Å². The van der Waals surface area contributed by atoms with E-state index >= 15 is 0 Å². The molecule has 2 heterocycles. The number of likely N-dealkylation sites (tertiary alicyclic amines) is 1. The summed E-state index contributed by atoms with van der Waals surface area (Å²) in [6.07, 6.45) is 0.956. The summed E-state index contributed by atoms with van der Waals surface area (Å²) in [5, 5.41) is 13.5. The van der Waals surface area contributed by atoms with Crippen LogP contribution in [-0.2, 0) is 16.1 Å². The molecule has 1 aromatic heterocycles. The molecule has 140 valence electrons. The van der Waals surface area contributed by atoms with Crippen molar-refractivity contribution < 1.29 is 14.7 Å². The number of nitrogens with zero attached hydrogens (tertiary/aromatic N) is 3. The predicted octanol–water partition coefficient (Wildman–Crippen LogP) is 1.61. The Morgan fingerprint density at radius 1 is 1.35 bits per heavy atom. The standard InChI is InChI=1S/C19H26N4O3/c1-13(2)23-16-8-5-4-7-15(16)21-17(23)11-20-18(25)19(26)9-6-10-22(12-19)14(3)24/h4-5,7-8,13,26H,6,9-12H2,1-3H3,(H,20,25). The van der Waals surface area contributed by atoms with Gasteiger partial charge >= 0.3 is 0 Å². The minimum Gasteiger partial charge on any atom is -0.378 e. The molecule has 0 spiro atoms. The van der Waals surface area contributed by atoms with Gasteiger partial charge in [0.15, 0.2) is 5.60 Å². The van der Waals surface area contributed by atoms with E-state index in [0.29, 0.717) is 19.4 Å². The summed E-state index contributed by atoms with van der Waals surface area (Å²) in [7, 11) is 0. The monoisotopic (exact) mass is 358 g/mol. The highest BCUT2D eigenvalue weighted by atomic mass is 16.3. The second-order valence-electron chi connectivity index (χ2n) is 7.24. The van der Waals surface area contributed by atoms with E-state index in [-0.39, 0.29) is 25.0 Å². The van der Waals surface area contributed by atoms with Crippen molar-refractivity contribution in [1.82, 2.24) is 19.8 Å². The smallest absolute Gasteiger partial charge is 0.254 e. The Labute approximate surface area is 153 Å². The van der Waals surface area contributed by atoms with Gasteiger partial charge in [-0.1, -0.05) is 12.1 Å². The summed E-state index contributed by atoms with van der Waals surface area (Å²) in [6.45, 7) is 6.43. The van der Waals surface area contributed by atoms with Gasteiger partial charge in [-0.05, 0) is 38.8 Å². The Morgan fingerprint density at radius 2 is 2.08 bits per heavy atom. The van der Waals surface area contributed by atoms with Crippen molar-refractivity contribution in [2.45, 2.75) is 51.8 Å². The van der Waals surface area contributed by atoms with Gasteiger partial charge < -0.3 is 19.9 Å². The quantitative estimate of drug-likeness (QED) is 0.869. The van der Waals surface area contributed by atoms with Crippen molar-refractivity contribution in [3.8, 4) is 0 Å². The molecule has 26 heavy (non-hydrogen) atoms. The molecule has 1 aromatic carbocycles. The summed E-state index contributed by atoms with van der Waals surface area (Å²) in [5.74, 6) is 0.167. The fraction of sp³-hybridized carbons (Fsp3) is 0.526. The fourth-order valence-electron chi connectivity index (χ4n) is 3.61. The summed E-state index contributed by atoms with van der Waals surface area (Å²) < 4.78 is 2.09. The number of β-amino-alcohol motifs (C(OH)–C–C–N with tert-alkyl or cyclic N) is 1. The number of rotatable bonds is 4. The van der Waals surface area contributed by atoms with Crippen molar-refractivity contribution in [2.75, 3.05) is 13.1 Å². The highest BCUT2D eigenvalue weighted by molar-refractivity contribution is 5.86. The van der Waals surface area contributed by atoms with Crippen LogP contribution in [-0.4, -0.2) is 50.1 Å². The van der Waals surface area contributed by atoms with E-state index in [1.54, 1.807) is 0 Å². The Kier molecular flexibility index (Phi) is 5.00. The maximum absolute atomic E-state index is 12.6. The number of nitrogens with one attached hydrogen (secondary N) is 1. The number of aliphatic hydroxyl groups is 1. The second kappa shape index (κ2) is 7.07. The van der Waals surface area contributed by atoms with Gasteiger partial charge in [0.1, 0.15) is 5.82 Å². The molecule has 0 aliphatic carbocycles. The van der Waals surface area contributed by atoms with Crippen molar-refractivity contribution in [3.63, 3.8) is 0 Å². The molecule has 7 heteroatoms. The number of para-hydroxylation sites is 2. The third-order valence-electron chi connectivity index (χ3n) is 4.93. The van der Waals surface area contributed by atoms with Crippen LogP contribution in [0.15, 0.2) is 24.3 Å². The van der Waals surface area contributed by atoms with Gasteiger partial charge in [0.05, 0.1) is 24.1 Å². The van der Waals surface area contributed by atoms with Crippen molar-refractivity contribution in [2.24, 2.45) is 0 Å². The molecule has 0 radical (unpaired) electrons. The van der Waals surface area contributed by atoms with Gasteiger partial charge in [-0.25, -0.2) is 4.98 Å². The van der Waals surface area contributed by atoms with Crippen LogP contribution in [0.25, 0.3) is 11.0 Å². The number of hydrogen-bond acceptors (Lipinski definition) is 4. The van der Waals surface area contributed by atoms with Crippen molar-refractivity contribution in [1.29, 1.82) is 0 Å². The molecule has 3 rings (SSSR count). The molecule has 1 aliphatic rings. The van der Waals surface area contributed by atoms with Gasteiger partial charge in [-0.15, -0.1) is 0 Å². The molecule has 2 amide bonds. The number of carbonyl (C=O) groups excluding carboxylic acids is 2. The van der Waals surface area contributed by atoms with Crippen LogP contribution in [0, 0.1) is 0 Å². The Morgan fingerprint density at radius 3 is 2.77 bits per heavy atom. The number of benzene rings is 1. The first-order valence-electron chi connectivity index (χ1n) is 9.04. The average Bonchev–Trinajstić information content (AvgIpc) is 2.98. The van der Waals surface area contributed by atoms with E-state index in [2.05, 4.69) is 28.7 Å². The maximum Gasteiger partial charge on any atom is 0.254 e. The molecular weight excluding hydrogens is 332 g/mol. The Hall–Kier alpha value is -2.41. The van der Waals surface area contributed by atoms with E-state index < -0.39 is 11.5 Å². The molecule has 1 aliphatic heterocycles. The number of fused-ring (bicyclic) bond motifs is 1. The molecule has 2 N–H and O–H groups in total. The van der Waals surface area contributed by atoms with E-state index in [1.807, 2.05) is 24.3 Å². The van der Waals surface area contributed by atoms with Gasteiger partial charge in [-0.3, -0.25) is 9.59 Å². The van der Waals surface area contributed by atoms with Crippen LogP contribution >= 0.6 is 0 Å². The molecule has 1 fully saturated rings. The van der Waals surface area contributed by atoms with Gasteiger partial charge in [0.25, 0.3) is 5.91 Å². The van der Waals surface area contributed by atoms with Gasteiger partial charge in [0.2, 0.25) is 5.91 Å². The first kappa shape index (κ1) is 18.4. The van der Waals surface area contributed by atoms with E-state index in [4.69, 9.17) is 0 Å². The zero-order chi connectivity index (χ0) is 18.9.